The summed E-state index contributed by atoms with van der Waals surface area (Å²) in [6.45, 7) is 3.15. The number of carbonyl (C=O) groups is 3. The number of rotatable bonds is 16. The van der Waals surface area contributed by atoms with Gasteiger partial charge in [0.05, 0.1) is 19.3 Å². The highest BCUT2D eigenvalue weighted by molar-refractivity contribution is 5.96. The van der Waals surface area contributed by atoms with Crippen molar-refractivity contribution in [2.45, 2.75) is 58.0 Å². The summed E-state index contributed by atoms with van der Waals surface area (Å²) >= 11 is 0. The standard InChI is InChI=1S/C32H38N2O7/c1-3-4-5-6-7-18-40-26-15-13-25(14-16-26)32(38)41-28-17-10-23(20-29(28)39-2)19-27(31(36)37)34-30(35)24-11-8-22(21-33)9-12-24/h8-17,20,27H,3-7,18-19,21,33H2,1-2H3,(H,34,35)(H,36,37). The van der Waals surface area contributed by atoms with Gasteiger partial charge in [-0.25, -0.2) is 9.59 Å². The number of ether oxygens (including phenoxy) is 3. The Labute approximate surface area is 240 Å². The number of carboxylic acid groups (broad SMARTS) is 1. The van der Waals surface area contributed by atoms with E-state index in [0.717, 1.165) is 18.4 Å². The number of hydrogen-bond donors (Lipinski definition) is 3. The zero-order chi connectivity index (χ0) is 29.6. The minimum absolute atomic E-state index is 0.00733. The molecule has 0 bridgehead atoms. The molecule has 0 heterocycles. The van der Waals surface area contributed by atoms with E-state index in [1.165, 1.54) is 32.4 Å². The van der Waals surface area contributed by atoms with Crippen molar-refractivity contribution in [1.82, 2.24) is 5.32 Å². The number of aliphatic carboxylic acids is 1. The molecule has 0 aliphatic carbocycles. The second kappa shape index (κ2) is 16.0. The van der Waals surface area contributed by atoms with Crippen LogP contribution in [0.2, 0.25) is 0 Å². The number of hydrogen-bond acceptors (Lipinski definition) is 7. The van der Waals surface area contributed by atoms with Crippen LogP contribution in [0.3, 0.4) is 0 Å². The third kappa shape index (κ3) is 9.65. The van der Waals surface area contributed by atoms with Crippen molar-refractivity contribution < 1.29 is 33.7 Å². The summed E-state index contributed by atoms with van der Waals surface area (Å²) in [6, 6.07) is 16.9. The van der Waals surface area contributed by atoms with E-state index < -0.39 is 23.9 Å². The predicted octanol–water partition coefficient (Wildman–Crippen LogP) is 5.15. The third-order valence-corrected chi connectivity index (χ3v) is 6.53. The van der Waals surface area contributed by atoms with E-state index in [1.807, 2.05) is 0 Å². The normalized spacial score (nSPS) is 11.4. The Morgan fingerprint density at radius 2 is 1.51 bits per heavy atom. The number of nitrogens with two attached hydrogens (primary N) is 1. The van der Waals surface area contributed by atoms with Crippen molar-refractivity contribution in [3.63, 3.8) is 0 Å². The molecule has 0 radical (unpaired) electrons. The molecule has 1 unspecified atom stereocenters. The van der Waals surface area contributed by atoms with Crippen LogP contribution in [0, 0.1) is 0 Å². The molecule has 0 aliphatic heterocycles. The van der Waals surface area contributed by atoms with E-state index in [9.17, 15) is 19.5 Å². The number of carboxylic acids is 1. The molecule has 0 aliphatic rings. The fourth-order valence-electron chi connectivity index (χ4n) is 4.13. The molecule has 1 amide bonds. The van der Waals surface area contributed by atoms with Crippen LogP contribution >= 0.6 is 0 Å². The van der Waals surface area contributed by atoms with E-state index in [-0.39, 0.29) is 17.9 Å². The fourth-order valence-corrected chi connectivity index (χ4v) is 4.13. The topological polar surface area (TPSA) is 137 Å². The van der Waals surface area contributed by atoms with Gasteiger partial charge in [-0.1, -0.05) is 50.8 Å². The van der Waals surface area contributed by atoms with Gasteiger partial charge in [-0.15, -0.1) is 0 Å². The fraction of sp³-hybridized carbons (Fsp3) is 0.344. The average Bonchev–Trinajstić information content (AvgIpc) is 2.99. The lowest BCUT2D eigenvalue weighted by molar-refractivity contribution is -0.139. The Hall–Kier alpha value is -4.37. The van der Waals surface area contributed by atoms with Crippen LogP contribution in [-0.2, 0) is 17.8 Å². The lowest BCUT2D eigenvalue weighted by Crippen LogP contribution is -2.42. The summed E-state index contributed by atoms with van der Waals surface area (Å²) in [5.74, 6) is -1.14. The van der Waals surface area contributed by atoms with Gasteiger partial charge >= 0.3 is 11.9 Å². The van der Waals surface area contributed by atoms with Gasteiger partial charge < -0.3 is 30.4 Å². The van der Waals surface area contributed by atoms with Gasteiger partial charge in [0.2, 0.25) is 0 Å². The van der Waals surface area contributed by atoms with E-state index in [4.69, 9.17) is 19.9 Å². The van der Waals surface area contributed by atoms with E-state index >= 15 is 0 Å². The van der Waals surface area contributed by atoms with Crippen molar-refractivity contribution in [2.75, 3.05) is 13.7 Å². The van der Waals surface area contributed by atoms with Crippen LogP contribution in [0.15, 0.2) is 66.7 Å². The van der Waals surface area contributed by atoms with Gasteiger partial charge in [0.25, 0.3) is 5.91 Å². The molecule has 218 valence electrons. The molecule has 9 heteroatoms. The van der Waals surface area contributed by atoms with Crippen LogP contribution in [0.1, 0.15) is 70.9 Å². The predicted molar refractivity (Wildman–Crippen MR) is 156 cm³/mol. The van der Waals surface area contributed by atoms with Crippen molar-refractivity contribution in [2.24, 2.45) is 5.73 Å². The molecule has 41 heavy (non-hydrogen) atoms. The summed E-state index contributed by atoms with van der Waals surface area (Å²) in [5, 5.41) is 12.3. The summed E-state index contributed by atoms with van der Waals surface area (Å²) in [6.07, 6.45) is 5.75. The van der Waals surface area contributed by atoms with Gasteiger partial charge in [-0.2, -0.15) is 0 Å². The first-order valence-electron chi connectivity index (χ1n) is 13.8. The van der Waals surface area contributed by atoms with E-state index in [2.05, 4.69) is 12.2 Å². The zero-order valence-electron chi connectivity index (χ0n) is 23.6. The number of methoxy groups -OCH3 is 1. The van der Waals surface area contributed by atoms with Gasteiger partial charge in [0, 0.05) is 18.5 Å². The molecule has 1 atom stereocenters. The highest BCUT2D eigenvalue weighted by Crippen LogP contribution is 2.29. The van der Waals surface area contributed by atoms with Gasteiger partial charge in [0.1, 0.15) is 11.8 Å². The SMILES string of the molecule is CCCCCCCOc1ccc(C(=O)Oc2ccc(CC(NC(=O)c3ccc(CN)cc3)C(=O)O)cc2OC)cc1. The number of carbonyl (C=O) groups excluding carboxylic acids is 2. The second-order valence-electron chi connectivity index (χ2n) is 9.63. The number of nitrogens with one attached hydrogen (secondary N) is 1. The Morgan fingerprint density at radius 3 is 2.15 bits per heavy atom. The molecule has 0 fully saturated rings. The molecule has 3 aromatic carbocycles. The van der Waals surface area contributed by atoms with Crippen molar-refractivity contribution in [3.05, 3.63) is 89.0 Å². The maximum absolute atomic E-state index is 12.8. The quantitative estimate of drug-likeness (QED) is 0.124. The van der Waals surface area contributed by atoms with Crippen LogP contribution in [-0.4, -0.2) is 42.7 Å². The van der Waals surface area contributed by atoms with Gasteiger partial charge in [0.15, 0.2) is 11.5 Å². The minimum Gasteiger partial charge on any atom is -0.494 e. The Kier molecular flexibility index (Phi) is 12.2. The Morgan fingerprint density at radius 1 is 0.854 bits per heavy atom. The lowest BCUT2D eigenvalue weighted by Gasteiger charge is -2.16. The smallest absolute Gasteiger partial charge is 0.343 e. The molecule has 3 aromatic rings. The van der Waals surface area contributed by atoms with Crippen molar-refractivity contribution in [1.29, 1.82) is 0 Å². The van der Waals surface area contributed by atoms with Crippen molar-refractivity contribution in [3.8, 4) is 17.2 Å². The van der Waals surface area contributed by atoms with Gasteiger partial charge in [-0.3, -0.25) is 4.79 Å². The largest absolute Gasteiger partial charge is 0.494 e. The summed E-state index contributed by atoms with van der Waals surface area (Å²) in [5.41, 5.74) is 7.70. The summed E-state index contributed by atoms with van der Waals surface area (Å²) in [7, 11) is 1.42. The molecule has 0 saturated heterocycles. The first kappa shape index (κ1) is 31.2. The van der Waals surface area contributed by atoms with Gasteiger partial charge in [-0.05, 0) is 66.1 Å². The Bertz CT molecular complexity index is 1290. The zero-order valence-corrected chi connectivity index (χ0v) is 23.6. The minimum atomic E-state index is -1.19. The highest BCUT2D eigenvalue weighted by atomic mass is 16.6. The van der Waals surface area contributed by atoms with Crippen LogP contribution in [0.25, 0.3) is 0 Å². The molecule has 0 saturated carbocycles. The molecule has 9 nitrogen and oxygen atoms in total. The monoisotopic (exact) mass is 562 g/mol. The number of esters is 1. The molecule has 4 N–H and O–H groups in total. The number of unbranched alkanes of at least 4 members (excludes halogenated alkanes) is 4. The first-order chi connectivity index (χ1) is 19.8. The van der Waals surface area contributed by atoms with Crippen LogP contribution in [0.5, 0.6) is 17.2 Å². The van der Waals surface area contributed by atoms with E-state index in [1.54, 1.807) is 60.7 Å². The summed E-state index contributed by atoms with van der Waals surface area (Å²) < 4.78 is 16.7. The average molecular weight is 563 g/mol. The van der Waals surface area contributed by atoms with Crippen LogP contribution in [0.4, 0.5) is 0 Å². The molecule has 0 spiro atoms. The van der Waals surface area contributed by atoms with Crippen LogP contribution < -0.4 is 25.3 Å². The number of amides is 1. The third-order valence-electron chi connectivity index (χ3n) is 6.53. The Balaban J connectivity index is 1.59. The van der Waals surface area contributed by atoms with Crippen molar-refractivity contribution >= 4 is 17.8 Å². The molecular weight excluding hydrogens is 524 g/mol. The maximum Gasteiger partial charge on any atom is 0.343 e. The second-order valence-corrected chi connectivity index (χ2v) is 9.63. The molecular formula is C32H38N2O7. The molecule has 3 rings (SSSR count). The highest BCUT2D eigenvalue weighted by Gasteiger charge is 2.22. The first-order valence-corrected chi connectivity index (χ1v) is 13.8. The lowest BCUT2D eigenvalue weighted by atomic mass is 10.0. The maximum atomic E-state index is 12.8. The molecule has 0 aromatic heterocycles. The van der Waals surface area contributed by atoms with E-state index in [0.29, 0.717) is 35.6 Å². The summed E-state index contributed by atoms with van der Waals surface area (Å²) in [4.78, 5) is 37.2. The number of benzene rings is 3.